The summed E-state index contributed by atoms with van der Waals surface area (Å²) in [4.78, 5) is 27.0. The fourth-order valence-electron chi connectivity index (χ4n) is 2.10. The maximum absolute atomic E-state index is 12.1. The Labute approximate surface area is 149 Å². The van der Waals surface area contributed by atoms with E-state index in [-0.39, 0.29) is 24.2 Å². The van der Waals surface area contributed by atoms with Crippen molar-refractivity contribution in [2.24, 2.45) is 0 Å². The first-order valence-corrected chi connectivity index (χ1v) is 8.66. The van der Waals surface area contributed by atoms with Gasteiger partial charge in [0.25, 0.3) is 0 Å². The Kier molecular flexibility index (Phi) is 6.81. The van der Waals surface area contributed by atoms with Crippen molar-refractivity contribution in [1.29, 1.82) is 0 Å². The van der Waals surface area contributed by atoms with Gasteiger partial charge in [0.2, 0.25) is 5.91 Å². The summed E-state index contributed by atoms with van der Waals surface area (Å²) in [5, 5.41) is 20.6. The number of nitrogens with one attached hydrogen (secondary N) is 2. The van der Waals surface area contributed by atoms with Gasteiger partial charge < -0.3 is 20.0 Å². The van der Waals surface area contributed by atoms with Crippen LogP contribution in [-0.2, 0) is 9.59 Å². The number of carboxylic acid groups (broad SMARTS) is 1. The summed E-state index contributed by atoms with van der Waals surface area (Å²) in [6.07, 6.45) is 1.07. The summed E-state index contributed by atoms with van der Waals surface area (Å²) in [7, 11) is 0. The van der Waals surface area contributed by atoms with E-state index in [1.165, 1.54) is 18.1 Å². The Bertz CT molecular complexity index is 689. The van der Waals surface area contributed by atoms with E-state index in [2.05, 4.69) is 20.5 Å². The van der Waals surface area contributed by atoms with Gasteiger partial charge in [0.1, 0.15) is 12.1 Å². The average Bonchev–Trinajstić information content (AvgIpc) is 3.05. The van der Waals surface area contributed by atoms with Gasteiger partial charge >= 0.3 is 0 Å². The standard InChI is InChI=1S/C16H20N4O4S/c1-10(2)24-12-5-3-11(4-6-12)13(7-15(22)23)19-14(21)8-25-16-17-9-18-20-16/h3-6,9-10,13H,7-8H2,1-2H3,(H,19,21)(H,22,23)(H,17,18,20)/p-1. The zero-order valence-corrected chi connectivity index (χ0v) is 14.7. The van der Waals surface area contributed by atoms with E-state index in [0.29, 0.717) is 16.5 Å². The van der Waals surface area contributed by atoms with Crippen molar-refractivity contribution in [3.05, 3.63) is 36.2 Å². The zero-order chi connectivity index (χ0) is 18.2. The second kappa shape index (κ2) is 9.07. The second-order valence-electron chi connectivity index (χ2n) is 5.51. The van der Waals surface area contributed by atoms with Crippen LogP contribution in [0.25, 0.3) is 0 Å². The van der Waals surface area contributed by atoms with Crippen LogP contribution in [0.15, 0.2) is 35.7 Å². The van der Waals surface area contributed by atoms with Crippen LogP contribution in [0.4, 0.5) is 0 Å². The average molecular weight is 363 g/mol. The zero-order valence-electron chi connectivity index (χ0n) is 13.9. The molecule has 0 aliphatic carbocycles. The summed E-state index contributed by atoms with van der Waals surface area (Å²) in [6.45, 7) is 3.83. The predicted molar refractivity (Wildman–Crippen MR) is 89.8 cm³/mol. The van der Waals surface area contributed by atoms with Crippen LogP contribution >= 0.6 is 11.8 Å². The number of aromatic nitrogens is 3. The van der Waals surface area contributed by atoms with Crippen molar-refractivity contribution in [2.75, 3.05) is 5.75 Å². The Morgan fingerprint density at radius 3 is 2.60 bits per heavy atom. The molecular weight excluding hydrogens is 344 g/mol. The van der Waals surface area contributed by atoms with Crippen LogP contribution in [0.3, 0.4) is 0 Å². The third-order valence-corrected chi connectivity index (χ3v) is 3.97. The van der Waals surface area contributed by atoms with E-state index in [1.54, 1.807) is 24.3 Å². The molecule has 1 aromatic carbocycles. The number of amides is 1. The van der Waals surface area contributed by atoms with Gasteiger partial charge in [-0.15, -0.1) is 0 Å². The third kappa shape index (κ3) is 6.46. The van der Waals surface area contributed by atoms with Gasteiger partial charge in [0.05, 0.1) is 17.9 Å². The molecule has 0 bridgehead atoms. The number of ether oxygens (including phenoxy) is 1. The first-order valence-electron chi connectivity index (χ1n) is 7.68. The molecule has 1 aromatic heterocycles. The molecule has 2 aromatic rings. The number of carbonyl (C=O) groups excluding carboxylic acids is 2. The number of hydrogen-bond acceptors (Lipinski definition) is 7. The normalized spacial score (nSPS) is 12.0. The number of aromatic amines is 1. The molecule has 2 rings (SSSR count). The SMILES string of the molecule is CC(C)Oc1ccc(C(CC(=O)[O-])NC(=O)CSc2ncn[nH]2)cc1. The van der Waals surface area contributed by atoms with Crippen LogP contribution in [0.1, 0.15) is 31.9 Å². The van der Waals surface area contributed by atoms with Crippen LogP contribution in [0, 0.1) is 0 Å². The van der Waals surface area contributed by atoms with Gasteiger partial charge in [-0.3, -0.25) is 9.89 Å². The number of hydrogen-bond donors (Lipinski definition) is 2. The fourth-order valence-corrected chi connectivity index (χ4v) is 2.69. The molecule has 0 radical (unpaired) electrons. The minimum atomic E-state index is -1.24. The molecule has 134 valence electrons. The molecule has 0 saturated carbocycles. The molecule has 0 fully saturated rings. The molecule has 1 unspecified atom stereocenters. The smallest absolute Gasteiger partial charge is 0.230 e. The molecule has 0 aliphatic heterocycles. The molecule has 0 saturated heterocycles. The summed E-state index contributed by atoms with van der Waals surface area (Å²) in [5.41, 5.74) is 0.665. The van der Waals surface area contributed by atoms with E-state index >= 15 is 0 Å². The maximum Gasteiger partial charge on any atom is 0.230 e. The van der Waals surface area contributed by atoms with Crippen molar-refractivity contribution >= 4 is 23.6 Å². The molecule has 2 N–H and O–H groups in total. The van der Waals surface area contributed by atoms with Gasteiger partial charge in [0.15, 0.2) is 5.16 Å². The van der Waals surface area contributed by atoms with E-state index in [9.17, 15) is 14.7 Å². The quantitative estimate of drug-likeness (QED) is 0.629. The highest BCUT2D eigenvalue weighted by atomic mass is 32.2. The third-order valence-electron chi connectivity index (χ3n) is 3.09. The molecule has 8 nitrogen and oxygen atoms in total. The van der Waals surface area contributed by atoms with E-state index in [4.69, 9.17) is 4.74 Å². The second-order valence-corrected chi connectivity index (χ2v) is 6.48. The lowest BCUT2D eigenvalue weighted by atomic mass is 10.0. The van der Waals surface area contributed by atoms with Crippen molar-refractivity contribution in [3.8, 4) is 5.75 Å². The first kappa shape index (κ1) is 18.8. The molecule has 0 spiro atoms. The van der Waals surface area contributed by atoms with Gasteiger partial charge in [0, 0.05) is 12.4 Å². The summed E-state index contributed by atoms with van der Waals surface area (Å²) in [6, 6.07) is 6.27. The Hall–Kier alpha value is -2.55. The lowest BCUT2D eigenvalue weighted by Gasteiger charge is -2.20. The molecule has 9 heteroatoms. The number of benzene rings is 1. The highest BCUT2D eigenvalue weighted by molar-refractivity contribution is 7.99. The molecule has 1 heterocycles. The molecule has 25 heavy (non-hydrogen) atoms. The Morgan fingerprint density at radius 2 is 2.04 bits per heavy atom. The molecule has 0 aliphatic rings. The van der Waals surface area contributed by atoms with Crippen LogP contribution in [-0.4, -0.2) is 38.9 Å². The van der Waals surface area contributed by atoms with Crippen molar-refractivity contribution in [3.63, 3.8) is 0 Å². The number of carboxylic acids is 1. The molecule has 1 amide bonds. The Morgan fingerprint density at radius 1 is 1.32 bits per heavy atom. The minimum absolute atomic E-state index is 0.0395. The number of H-pyrrole nitrogens is 1. The van der Waals surface area contributed by atoms with Crippen molar-refractivity contribution < 1.29 is 19.4 Å². The summed E-state index contributed by atoms with van der Waals surface area (Å²) < 4.78 is 5.56. The van der Waals surface area contributed by atoms with E-state index < -0.39 is 12.0 Å². The lowest BCUT2D eigenvalue weighted by molar-refractivity contribution is -0.306. The predicted octanol–water partition coefficient (Wildman–Crippen LogP) is 0.681. The van der Waals surface area contributed by atoms with Crippen molar-refractivity contribution in [1.82, 2.24) is 20.5 Å². The van der Waals surface area contributed by atoms with E-state index in [1.807, 2.05) is 13.8 Å². The topological polar surface area (TPSA) is 120 Å². The number of rotatable bonds is 9. The number of thioether (sulfide) groups is 1. The summed E-state index contributed by atoms with van der Waals surface area (Å²) >= 11 is 1.18. The largest absolute Gasteiger partial charge is 0.550 e. The molecule has 1 atom stereocenters. The minimum Gasteiger partial charge on any atom is -0.550 e. The van der Waals surface area contributed by atoms with Crippen molar-refractivity contribution in [2.45, 2.75) is 37.6 Å². The fraction of sp³-hybridized carbons (Fsp3) is 0.375. The van der Waals surface area contributed by atoms with Gasteiger partial charge in [-0.1, -0.05) is 23.9 Å². The number of nitrogens with zero attached hydrogens (tertiary/aromatic N) is 2. The van der Waals surface area contributed by atoms with E-state index in [0.717, 1.165) is 0 Å². The van der Waals surface area contributed by atoms with Gasteiger partial charge in [-0.2, -0.15) is 5.10 Å². The Balaban J connectivity index is 1.99. The maximum atomic E-state index is 12.1. The van der Waals surface area contributed by atoms with Gasteiger partial charge in [-0.25, -0.2) is 4.98 Å². The van der Waals surface area contributed by atoms with Gasteiger partial charge in [-0.05, 0) is 31.5 Å². The number of aliphatic carboxylic acids is 1. The highest BCUT2D eigenvalue weighted by Crippen LogP contribution is 2.21. The molecular formula is C16H19N4O4S-. The first-order chi connectivity index (χ1) is 11.9. The van der Waals surface area contributed by atoms with Crippen LogP contribution in [0.2, 0.25) is 0 Å². The summed E-state index contributed by atoms with van der Waals surface area (Å²) in [5.74, 6) is -0.781. The number of carbonyl (C=O) groups is 2. The van der Waals surface area contributed by atoms with Crippen LogP contribution in [0.5, 0.6) is 5.75 Å². The lowest BCUT2D eigenvalue weighted by Crippen LogP contribution is -2.35. The highest BCUT2D eigenvalue weighted by Gasteiger charge is 2.16. The van der Waals surface area contributed by atoms with Crippen LogP contribution < -0.4 is 15.2 Å². The monoisotopic (exact) mass is 363 g/mol.